The molecule has 5 rings (SSSR count). The number of halogens is 3. The topological polar surface area (TPSA) is 116 Å². The number of esters is 1. The van der Waals surface area contributed by atoms with Gasteiger partial charge in [0.15, 0.2) is 17.2 Å². The van der Waals surface area contributed by atoms with Gasteiger partial charge in [-0.05, 0) is 68.9 Å². The fourth-order valence-electron chi connectivity index (χ4n) is 4.95. The van der Waals surface area contributed by atoms with E-state index < -0.39 is 23.0 Å². The van der Waals surface area contributed by atoms with Crippen LogP contribution in [0, 0.1) is 34.3 Å². The number of benzene rings is 1. The third-order valence-corrected chi connectivity index (χ3v) is 7.53. The molecule has 3 aromatic heterocycles. The Hall–Kier alpha value is -4.43. The van der Waals surface area contributed by atoms with E-state index in [9.17, 15) is 18.8 Å². The van der Waals surface area contributed by atoms with Crippen LogP contribution >= 0.6 is 11.6 Å². The van der Waals surface area contributed by atoms with Gasteiger partial charge in [-0.25, -0.2) is 24.1 Å². The highest BCUT2D eigenvalue weighted by molar-refractivity contribution is 6.30. The van der Waals surface area contributed by atoms with Crippen molar-refractivity contribution in [1.29, 1.82) is 5.26 Å². The second kappa shape index (κ2) is 12.4. The molecule has 1 unspecified atom stereocenters. The Kier molecular flexibility index (Phi) is 8.69. The molecule has 1 aromatic carbocycles. The molecule has 0 radical (unpaired) electrons. The van der Waals surface area contributed by atoms with Crippen molar-refractivity contribution < 1.29 is 23.0 Å². The van der Waals surface area contributed by atoms with Crippen molar-refractivity contribution in [3.05, 3.63) is 82.2 Å². The van der Waals surface area contributed by atoms with Crippen LogP contribution in [0.4, 0.5) is 8.78 Å². The maximum atomic E-state index is 14.4. The highest BCUT2D eigenvalue weighted by atomic mass is 35.5. The van der Waals surface area contributed by atoms with Crippen LogP contribution in [-0.4, -0.2) is 37.6 Å². The molecule has 0 fully saturated rings. The number of ether oxygens (including phenoxy) is 2. The number of hydrogen-bond acceptors (Lipinski definition) is 8. The number of imidazole rings is 1. The zero-order valence-electron chi connectivity index (χ0n) is 23.9. The molecule has 1 aliphatic rings. The van der Waals surface area contributed by atoms with Crippen molar-refractivity contribution >= 4 is 34.3 Å². The van der Waals surface area contributed by atoms with E-state index in [2.05, 4.69) is 21.0 Å². The molecular weight excluding hydrogens is 578 g/mol. The Morgan fingerprint density at radius 3 is 2.70 bits per heavy atom. The zero-order valence-corrected chi connectivity index (χ0v) is 24.7. The highest BCUT2D eigenvalue weighted by Gasteiger charge is 2.26. The number of nitriles is 1. The van der Waals surface area contributed by atoms with E-state index in [1.807, 2.05) is 24.5 Å². The molecule has 4 aromatic rings. The van der Waals surface area contributed by atoms with Crippen molar-refractivity contribution in [2.45, 2.75) is 52.7 Å². The van der Waals surface area contributed by atoms with Gasteiger partial charge < -0.3 is 14.0 Å². The van der Waals surface area contributed by atoms with Crippen LogP contribution in [0.1, 0.15) is 60.8 Å². The summed E-state index contributed by atoms with van der Waals surface area (Å²) in [5, 5.41) is 9.95. The molecule has 9 nitrogen and oxygen atoms in total. The Balaban J connectivity index is 1.33. The zero-order chi connectivity index (χ0) is 30.7. The molecule has 0 spiro atoms. The predicted octanol–water partition coefficient (Wildman–Crippen LogP) is 6.49. The highest BCUT2D eigenvalue weighted by Crippen LogP contribution is 2.33. The lowest BCUT2D eigenvalue weighted by Crippen LogP contribution is -2.21. The molecule has 0 saturated heterocycles. The summed E-state index contributed by atoms with van der Waals surface area (Å²) in [4.78, 5) is 29.9. The molecule has 0 aliphatic heterocycles. The smallest absolute Gasteiger partial charge is 0.356 e. The molecule has 0 N–H and O–H groups in total. The van der Waals surface area contributed by atoms with E-state index in [1.54, 1.807) is 12.1 Å². The van der Waals surface area contributed by atoms with Gasteiger partial charge in [-0.1, -0.05) is 23.7 Å². The quantitative estimate of drug-likeness (QED) is 0.198. The lowest BCUT2D eigenvalue weighted by molar-refractivity contribution is 0.0594. The van der Waals surface area contributed by atoms with Crippen molar-refractivity contribution in [3.63, 3.8) is 0 Å². The van der Waals surface area contributed by atoms with E-state index >= 15 is 0 Å². The van der Waals surface area contributed by atoms with Crippen LogP contribution in [0.2, 0.25) is 5.02 Å². The molecule has 222 valence electrons. The summed E-state index contributed by atoms with van der Waals surface area (Å²) >= 11 is 5.80. The summed E-state index contributed by atoms with van der Waals surface area (Å²) in [5.41, 5.74) is 1.73. The second-order valence-electron chi connectivity index (χ2n) is 11.1. The molecule has 3 heterocycles. The lowest BCUT2D eigenvalue weighted by Gasteiger charge is -2.23. The maximum absolute atomic E-state index is 14.4. The van der Waals surface area contributed by atoms with Crippen LogP contribution in [0.5, 0.6) is 5.88 Å². The van der Waals surface area contributed by atoms with Crippen LogP contribution in [-0.2, 0) is 24.3 Å². The minimum absolute atomic E-state index is 0.170. The number of nitrogens with zero attached hydrogens (tertiary/aromatic N) is 6. The van der Waals surface area contributed by atoms with Gasteiger partial charge in [0.05, 0.1) is 24.8 Å². The number of pyridine rings is 1. The number of methoxy groups -OCH3 is 1. The van der Waals surface area contributed by atoms with Crippen LogP contribution in [0.3, 0.4) is 0 Å². The molecule has 12 heteroatoms. The van der Waals surface area contributed by atoms with E-state index in [1.165, 1.54) is 25.3 Å². The Morgan fingerprint density at radius 1 is 1.19 bits per heavy atom. The maximum Gasteiger partial charge on any atom is 0.356 e. The fourth-order valence-corrected chi connectivity index (χ4v) is 5.11. The van der Waals surface area contributed by atoms with Gasteiger partial charge in [0, 0.05) is 23.6 Å². The summed E-state index contributed by atoms with van der Waals surface area (Å²) < 4.78 is 40.8. The Morgan fingerprint density at radius 2 is 2.00 bits per heavy atom. The number of fused-ring (bicyclic) bond motifs is 1. The van der Waals surface area contributed by atoms with Crippen molar-refractivity contribution in [2.75, 3.05) is 7.11 Å². The average Bonchev–Trinajstić information content (AvgIpc) is 3.32. The van der Waals surface area contributed by atoms with Gasteiger partial charge in [0.1, 0.15) is 23.8 Å². The van der Waals surface area contributed by atoms with Gasteiger partial charge in [-0.3, -0.25) is 0 Å². The first kappa shape index (κ1) is 30.0. The van der Waals surface area contributed by atoms with Crippen LogP contribution in [0.25, 0.3) is 16.7 Å². The summed E-state index contributed by atoms with van der Waals surface area (Å²) in [7, 11) is 1.30. The molecule has 0 saturated carbocycles. The largest absolute Gasteiger partial charge is 0.471 e. The van der Waals surface area contributed by atoms with Gasteiger partial charge in [-0.2, -0.15) is 14.6 Å². The summed E-state index contributed by atoms with van der Waals surface area (Å²) in [6.45, 7) is 3.83. The molecule has 1 aliphatic carbocycles. The monoisotopic (exact) mass is 606 g/mol. The number of allylic oxidation sites excluding steroid dienone is 2. The number of rotatable bonds is 9. The lowest BCUT2D eigenvalue weighted by atomic mass is 9.86. The van der Waals surface area contributed by atoms with Gasteiger partial charge in [-0.15, -0.1) is 0 Å². The minimum atomic E-state index is -0.740. The standard InChI is InChI=1S/C31H29ClF2N6O3/c1-31(2,16-35)17-40-26(37-24-10-11-25(30(41)42-3)38-28(24)40)12-18-4-6-19(7-5-18)27-36-14-23(34)29(39-27)43-15-20-8-9-21(32)13-22(20)33/h6,8-11,13-14,18H,4-5,7,12,15,17H2,1-3H3. The van der Waals surface area contributed by atoms with Crippen molar-refractivity contribution in [1.82, 2.24) is 24.5 Å². The fraction of sp³-hybridized carbons (Fsp3) is 0.355. The van der Waals surface area contributed by atoms with Gasteiger partial charge >= 0.3 is 5.97 Å². The normalized spacial score (nSPS) is 15.2. The average molecular weight is 607 g/mol. The minimum Gasteiger partial charge on any atom is -0.471 e. The third kappa shape index (κ3) is 6.81. The SMILES string of the molecule is COC(=O)c1ccc2nc(CC3CC=C(c4ncc(F)c(OCc5ccc(Cl)cc5F)n4)CC3)n(CC(C)(C)C#N)c2n1. The second-order valence-corrected chi connectivity index (χ2v) is 11.5. The molecule has 1 atom stereocenters. The Labute approximate surface area is 252 Å². The first-order valence-corrected chi connectivity index (χ1v) is 14.1. The summed E-state index contributed by atoms with van der Waals surface area (Å²) in [6.07, 6.45) is 5.86. The van der Waals surface area contributed by atoms with E-state index in [0.717, 1.165) is 24.0 Å². The van der Waals surface area contributed by atoms with Crippen LogP contribution in [0.15, 0.2) is 42.6 Å². The van der Waals surface area contributed by atoms with Gasteiger partial charge in [0.2, 0.25) is 5.82 Å². The summed E-state index contributed by atoms with van der Waals surface area (Å²) in [6, 6.07) is 9.82. The molecule has 0 amide bonds. The van der Waals surface area contributed by atoms with Crippen molar-refractivity contribution in [3.8, 4) is 11.9 Å². The number of hydrogen-bond donors (Lipinski definition) is 0. The summed E-state index contributed by atoms with van der Waals surface area (Å²) in [5.74, 6) is -0.729. The van der Waals surface area contributed by atoms with Crippen molar-refractivity contribution in [2.24, 2.45) is 11.3 Å². The molecule has 0 bridgehead atoms. The van der Waals surface area contributed by atoms with E-state index in [4.69, 9.17) is 26.1 Å². The Bertz CT molecular complexity index is 1760. The first-order chi connectivity index (χ1) is 20.6. The van der Waals surface area contributed by atoms with Crippen LogP contribution < -0.4 is 4.74 Å². The number of aromatic nitrogens is 5. The van der Waals surface area contributed by atoms with E-state index in [0.29, 0.717) is 42.8 Å². The first-order valence-electron chi connectivity index (χ1n) is 13.7. The number of carbonyl (C=O) groups excluding carboxylic acids is 1. The number of carbonyl (C=O) groups is 1. The molecular formula is C31H29ClF2N6O3. The van der Waals surface area contributed by atoms with Gasteiger partial charge in [0.25, 0.3) is 5.88 Å². The third-order valence-electron chi connectivity index (χ3n) is 7.29. The molecule has 43 heavy (non-hydrogen) atoms. The predicted molar refractivity (Wildman–Crippen MR) is 155 cm³/mol. The van der Waals surface area contributed by atoms with E-state index in [-0.39, 0.29) is 34.7 Å².